The highest BCUT2D eigenvalue weighted by Gasteiger charge is 2.24. The number of carbonyl (C=O) groups excluding carboxylic acids is 1. The van der Waals surface area contributed by atoms with E-state index in [-0.39, 0.29) is 18.6 Å². The van der Waals surface area contributed by atoms with Crippen molar-refractivity contribution in [2.45, 2.75) is 44.7 Å². The molecule has 0 aromatic heterocycles. The molecule has 1 aliphatic carbocycles. The molecule has 1 unspecified atom stereocenters. The highest BCUT2D eigenvalue weighted by atomic mass is 16.3. The van der Waals surface area contributed by atoms with Gasteiger partial charge in [0.15, 0.2) is 0 Å². The summed E-state index contributed by atoms with van der Waals surface area (Å²) in [4.78, 5) is 14.4. The zero-order valence-electron chi connectivity index (χ0n) is 12.8. The molecule has 4 heteroatoms. The number of hydrogen-bond donors (Lipinski definition) is 2. The highest BCUT2D eigenvalue weighted by molar-refractivity contribution is 5.78. The van der Waals surface area contributed by atoms with Crippen LogP contribution in [0.3, 0.4) is 0 Å². The second-order valence-electron chi connectivity index (χ2n) is 5.83. The second kappa shape index (κ2) is 8.15. The number of nitrogens with one attached hydrogen (secondary N) is 1. The molecule has 116 valence electrons. The van der Waals surface area contributed by atoms with E-state index in [9.17, 15) is 9.90 Å². The highest BCUT2D eigenvalue weighted by Crippen LogP contribution is 2.23. The predicted molar refractivity (Wildman–Crippen MR) is 83.9 cm³/mol. The van der Waals surface area contributed by atoms with Crippen molar-refractivity contribution in [2.24, 2.45) is 0 Å². The van der Waals surface area contributed by atoms with Crippen LogP contribution in [0.2, 0.25) is 0 Å². The largest absolute Gasteiger partial charge is 0.395 e. The van der Waals surface area contributed by atoms with Gasteiger partial charge >= 0.3 is 0 Å². The van der Waals surface area contributed by atoms with Crippen LogP contribution in [-0.2, 0) is 4.79 Å². The minimum Gasteiger partial charge on any atom is -0.395 e. The van der Waals surface area contributed by atoms with Crippen molar-refractivity contribution in [2.75, 3.05) is 19.7 Å². The fourth-order valence-corrected chi connectivity index (χ4v) is 3.09. The maximum Gasteiger partial charge on any atom is 0.234 e. The summed E-state index contributed by atoms with van der Waals surface area (Å²) in [5, 5.41) is 12.2. The molecular formula is C17H26N2O2. The summed E-state index contributed by atoms with van der Waals surface area (Å²) in [7, 11) is 0. The van der Waals surface area contributed by atoms with E-state index in [4.69, 9.17) is 0 Å². The topological polar surface area (TPSA) is 52.6 Å². The number of nitrogens with zero attached hydrogens (tertiary/aromatic N) is 1. The monoisotopic (exact) mass is 290 g/mol. The predicted octanol–water partition coefficient (Wildman–Crippen LogP) is 2.10. The molecule has 0 bridgehead atoms. The third kappa shape index (κ3) is 4.83. The molecular weight excluding hydrogens is 264 g/mol. The van der Waals surface area contributed by atoms with Crippen molar-refractivity contribution in [3.63, 3.8) is 0 Å². The van der Waals surface area contributed by atoms with Gasteiger partial charge in [-0.3, -0.25) is 9.69 Å². The maximum atomic E-state index is 12.2. The lowest BCUT2D eigenvalue weighted by atomic mass is 10.1. The Bertz CT molecular complexity index is 430. The first-order valence-corrected chi connectivity index (χ1v) is 7.90. The Morgan fingerprint density at radius 3 is 2.62 bits per heavy atom. The molecule has 4 nitrogen and oxygen atoms in total. The van der Waals surface area contributed by atoms with Gasteiger partial charge in [-0.05, 0) is 25.3 Å². The van der Waals surface area contributed by atoms with E-state index in [0.29, 0.717) is 19.1 Å². The molecule has 0 radical (unpaired) electrons. The van der Waals surface area contributed by atoms with E-state index >= 15 is 0 Å². The molecule has 1 atom stereocenters. The number of rotatable bonds is 7. The Labute approximate surface area is 127 Å². The Hall–Kier alpha value is -1.39. The van der Waals surface area contributed by atoms with Crippen LogP contribution in [0.5, 0.6) is 0 Å². The normalized spacial score (nSPS) is 17.1. The molecule has 0 spiro atoms. The Morgan fingerprint density at radius 1 is 1.33 bits per heavy atom. The Morgan fingerprint density at radius 2 is 2.00 bits per heavy atom. The van der Waals surface area contributed by atoms with Crippen molar-refractivity contribution >= 4 is 5.91 Å². The van der Waals surface area contributed by atoms with Gasteiger partial charge in [-0.15, -0.1) is 0 Å². The number of carbonyl (C=O) groups is 1. The van der Waals surface area contributed by atoms with Gasteiger partial charge in [0.05, 0.1) is 19.2 Å². The average Bonchev–Trinajstić information content (AvgIpc) is 3.02. The first-order chi connectivity index (χ1) is 10.2. The molecule has 1 aromatic rings. The molecule has 1 amide bonds. The van der Waals surface area contributed by atoms with Gasteiger partial charge in [0.1, 0.15) is 0 Å². The summed E-state index contributed by atoms with van der Waals surface area (Å²) in [6.45, 7) is 3.07. The number of hydrogen-bond acceptors (Lipinski definition) is 3. The zero-order chi connectivity index (χ0) is 15.1. The Balaban J connectivity index is 1.86. The van der Waals surface area contributed by atoms with Crippen LogP contribution in [0.25, 0.3) is 0 Å². The maximum absolute atomic E-state index is 12.2. The summed E-state index contributed by atoms with van der Waals surface area (Å²) in [5.41, 5.74) is 1.11. The van der Waals surface area contributed by atoms with Crippen molar-refractivity contribution in [3.8, 4) is 0 Å². The van der Waals surface area contributed by atoms with Gasteiger partial charge in [0.2, 0.25) is 5.91 Å². The summed E-state index contributed by atoms with van der Waals surface area (Å²) in [5.74, 6) is 0.0340. The lowest BCUT2D eigenvalue weighted by molar-refractivity contribution is -0.123. The summed E-state index contributed by atoms with van der Waals surface area (Å²) in [6, 6.07) is 10.4. The van der Waals surface area contributed by atoms with Gasteiger partial charge in [0, 0.05) is 12.6 Å². The van der Waals surface area contributed by atoms with Crippen LogP contribution in [0, 0.1) is 0 Å². The van der Waals surface area contributed by atoms with Crippen LogP contribution in [0.1, 0.15) is 44.2 Å². The van der Waals surface area contributed by atoms with Gasteiger partial charge in [0.25, 0.3) is 0 Å². The minimum absolute atomic E-state index is 0.0123. The van der Waals surface area contributed by atoms with Crippen molar-refractivity contribution < 1.29 is 9.90 Å². The molecule has 1 saturated carbocycles. The third-order valence-corrected chi connectivity index (χ3v) is 4.25. The molecule has 1 aromatic carbocycles. The average molecular weight is 290 g/mol. The van der Waals surface area contributed by atoms with E-state index < -0.39 is 0 Å². The van der Waals surface area contributed by atoms with Crippen molar-refractivity contribution in [3.05, 3.63) is 35.9 Å². The van der Waals surface area contributed by atoms with Crippen LogP contribution < -0.4 is 5.32 Å². The van der Waals surface area contributed by atoms with E-state index in [1.54, 1.807) is 0 Å². The van der Waals surface area contributed by atoms with Crippen LogP contribution in [-0.4, -0.2) is 41.7 Å². The standard InChI is InChI=1S/C17H26N2O2/c1-14(15-7-3-2-4-8-15)18-17(21)13-19(11-12-20)16-9-5-6-10-16/h2-4,7-8,14,16,20H,5-6,9-13H2,1H3,(H,18,21). The summed E-state index contributed by atoms with van der Waals surface area (Å²) in [6.07, 6.45) is 4.74. The van der Waals surface area contributed by atoms with Crippen LogP contribution >= 0.6 is 0 Å². The molecule has 0 saturated heterocycles. The second-order valence-corrected chi connectivity index (χ2v) is 5.83. The summed E-state index contributed by atoms with van der Waals surface area (Å²) >= 11 is 0. The lowest BCUT2D eigenvalue weighted by Gasteiger charge is -2.28. The van der Waals surface area contributed by atoms with Crippen molar-refractivity contribution in [1.82, 2.24) is 10.2 Å². The quantitative estimate of drug-likeness (QED) is 0.808. The molecule has 0 aliphatic heterocycles. The van der Waals surface area contributed by atoms with Gasteiger partial charge < -0.3 is 10.4 Å². The lowest BCUT2D eigenvalue weighted by Crippen LogP contribution is -2.43. The third-order valence-electron chi connectivity index (χ3n) is 4.25. The van der Waals surface area contributed by atoms with E-state index in [1.807, 2.05) is 37.3 Å². The number of aliphatic hydroxyl groups excluding tert-OH is 1. The fourth-order valence-electron chi connectivity index (χ4n) is 3.09. The molecule has 1 fully saturated rings. The van der Waals surface area contributed by atoms with Crippen LogP contribution in [0.15, 0.2) is 30.3 Å². The molecule has 1 aliphatic rings. The first kappa shape index (κ1) is 16.0. The molecule has 2 rings (SSSR count). The van der Waals surface area contributed by atoms with E-state index in [2.05, 4.69) is 10.2 Å². The molecule has 2 N–H and O–H groups in total. The number of benzene rings is 1. The van der Waals surface area contributed by atoms with Gasteiger partial charge in [-0.2, -0.15) is 0 Å². The van der Waals surface area contributed by atoms with Crippen molar-refractivity contribution in [1.29, 1.82) is 0 Å². The van der Waals surface area contributed by atoms with Gasteiger partial charge in [-0.25, -0.2) is 0 Å². The summed E-state index contributed by atoms with van der Waals surface area (Å²) < 4.78 is 0. The minimum atomic E-state index is 0.0123. The SMILES string of the molecule is CC(NC(=O)CN(CCO)C1CCCC1)c1ccccc1. The van der Waals surface area contributed by atoms with Crippen LogP contribution in [0.4, 0.5) is 0 Å². The van der Waals surface area contributed by atoms with E-state index in [1.165, 1.54) is 12.8 Å². The zero-order valence-corrected chi connectivity index (χ0v) is 12.8. The number of aliphatic hydroxyl groups is 1. The smallest absolute Gasteiger partial charge is 0.234 e. The molecule has 0 heterocycles. The number of amides is 1. The van der Waals surface area contributed by atoms with Gasteiger partial charge in [-0.1, -0.05) is 43.2 Å². The Kier molecular flexibility index (Phi) is 6.21. The first-order valence-electron chi connectivity index (χ1n) is 7.90. The van der Waals surface area contributed by atoms with E-state index in [0.717, 1.165) is 18.4 Å². The fraction of sp³-hybridized carbons (Fsp3) is 0.588. The molecule has 21 heavy (non-hydrogen) atoms.